The molecule has 2 aromatic rings. The molecule has 0 fully saturated rings. The minimum Gasteiger partial charge on any atom is -0.361 e. The van der Waals surface area contributed by atoms with Crippen molar-refractivity contribution in [3.05, 3.63) is 21.1 Å². The number of fused-ring (bicyclic) bond motifs is 1. The van der Waals surface area contributed by atoms with E-state index in [1.54, 1.807) is 6.07 Å². The zero-order valence-corrected chi connectivity index (χ0v) is 11.6. The second-order valence-electron chi connectivity index (χ2n) is 3.28. The Hall–Kier alpha value is -0.220. The summed E-state index contributed by atoms with van der Waals surface area (Å²) < 4.78 is 0.831. The van der Waals surface area contributed by atoms with E-state index in [2.05, 4.69) is 17.2 Å². The van der Waals surface area contributed by atoms with Crippen LogP contribution in [0.5, 0.6) is 0 Å². The largest absolute Gasteiger partial charge is 0.361 e. The molecule has 1 aromatic carbocycles. The van der Waals surface area contributed by atoms with E-state index in [9.17, 15) is 0 Å². The van der Waals surface area contributed by atoms with Crippen LogP contribution < -0.4 is 5.32 Å². The lowest BCUT2D eigenvalue weighted by molar-refractivity contribution is 0.977. The lowest BCUT2D eigenvalue weighted by atomic mass is 10.3. The summed E-state index contributed by atoms with van der Waals surface area (Å²) in [5.41, 5.74) is 0.708. The average Bonchev–Trinajstić information content (AvgIpc) is 2.68. The molecule has 0 bridgehead atoms. The van der Waals surface area contributed by atoms with Gasteiger partial charge in [0.2, 0.25) is 0 Å². The van der Waals surface area contributed by atoms with Gasteiger partial charge in [0.25, 0.3) is 0 Å². The smallest absolute Gasteiger partial charge is 0.183 e. The van der Waals surface area contributed by atoms with E-state index in [0.717, 1.165) is 22.8 Å². The van der Waals surface area contributed by atoms with Crippen LogP contribution in [0.1, 0.15) is 13.3 Å². The van der Waals surface area contributed by atoms with Gasteiger partial charge < -0.3 is 5.32 Å². The number of thiazole rings is 1. The second-order valence-corrected chi connectivity index (χ2v) is 5.47. The normalized spacial score (nSPS) is 11.0. The molecule has 1 aromatic heterocycles. The molecule has 0 radical (unpaired) electrons. The summed E-state index contributed by atoms with van der Waals surface area (Å²) in [6.45, 7) is 2.97. The molecule has 0 aliphatic carbocycles. The van der Waals surface area contributed by atoms with E-state index in [4.69, 9.17) is 34.8 Å². The van der Waals surface area contributed by atoms with Gasteiger partial charge in [-0.2, -0.15) is 0 Å². The van der Waals surface area contributed by atoms with Gasteiger partial charge in [-0.1, -0.05) is 53.1 Å². The van der Waals surface area contributed by atoms with Crippen LogP contribution >= 0.6 is 46.1 Å². The van der Waals surface area contributed by atoms with Crippen LogP contribution in [0.25, 0.3) is 10.2 Å². The molecule has 0 saturated heterocycles. The Balaban J connectivity index is 2.52. The third-order valence-electron chi connectivity index (χ3n) is 2.04. The molecule has 1 heterocycles. The number of hydrogen-bond donors (Lipinski definition) is 1. The molecular weight excluding hydrogens is 287 g/mol. The molecule has 0 atom stereocenters. The summed E-state index contributed by atoms with van der Waals surface area (Å²) in [5.74, 6) is 0. The van der Waals surface area contributed by atoms with Crippen molar-refractivity contribution in [3.8, 4) is 0 Å². The lowest BCUT2D eigenvalue weighted by Gasteiger charge is -1.97. The van der Waals surface area contributed by atoms with E-state index in [0.29, 0.717) is 20.6 Å². The van der Waals surface area contributed by atoms with Crippen molar-refractivity contribution >= 4 is 61.5 Å². The Morgan fingerprint density at radius 1 is 1.31 bits per heavy atom. The van der Waals surface area contributed by atoms with Crippen molar-refractivity contribution in [2.24, 2.45) is 0 Å². The van der Waals surface area contributed by atoms with Crippen molar-refractivity contribution in [1.82, 2.24) is 4.98 Å². The van der Waals surface area contributed by atoms with E-state index in [1.807, 2.05) is 0 Å². The minimum atomic E-state index is 0.463. The van der Waals surface area contributed by atoms with Crippen LogP contribution in [-0.2, 0) is 0 Å². The molecule has 0 unspecified atom stereocenters. The van der Waals surface area contributed by atoms with Crippen LogP contribution in [0.2, 0.25) is 15.1 Å². The Kier molecular flexibility index (Phi) is 3.80. The summed E-state index contributed by atoms with van der Waals surface area (Å²) in [7, 11) is 0. The molecule has 0 amide bonds. The van der Waals surface area contributed by atoms with E-state index in [-0.39, 0.29) is 0 Å². The molecule has 6 heteroatoms. The number of halogens is 3. The van der Waals surface area contributed by atoms with Gasteiger partial charge >= 0.3 is 0 Å². The Morgan fingerprint density at radius 2 is 2.06 bits per heavy atom. The van der Waals surface area contributed by atoms with Crippen molar-refractivity contribution in [2.45, 2.75) is 13.3 Å². The molecule has 0 spiro atoms. The van der Waals surface area contributed by atoms with Crippen LogP contribution in [0.4, 0.5) is 5.13 Å². The molecule has 0 aliphatic rings. The van der Waals surface area contributed by atoms with Gasteiger partial charge in [0.1, 0.15) is 5.52 Å². The number of anilines is 1. The lowest BCUT2D eigenvalue weighted by Crippen LogP contribution is -1.98. The molecular formula is C10H9Cl3N2S. The topological polar surface area (TPSA) is 24.9 Å². The predicted molar refractivity (Wildman–Crippen MR) is 73.4 cm³/mol. The molecule has 16 heavy (non-hydrogen) atoms. The predicted octanol–water partition coefficient (Wildman–Crippen LogP) is 5.08. The van der Waals surface area contributed by atoms with Gasteiger partial charge in [-0.25, -0.2) is 4.98 Å². The quantitative estimate of drug-likeness (QED) is 0.799. The number of rotatable bonds is 3. The average molecular weight is 296 g/mol. The highest BCUT2D eigenvalue weighted by molar-refractivity contribution is 7.23. The summed E-state index contributed by atoms with van der Waals surface area (Å²) in [5, 5.41) is 5.54. The minimum absolute atomic E-state index is 0.463. The Bertz CT molecular complexity index is 524. The molecule has 1 N–H and O–H groups in total. The van der Waals surface area contributed by atoms with E-state index >= 15 is 0 Å². The Morgan fingerprint density at radius 3 is 2.75 bits per heavy atom. The maximum atomic E-state index is 6.10. The second kappa shape index (κ2) is 4.96. The standard InChI is InChI=1S/C10H9Cl3N2S/c1-2-3-14-10-15-8-6(12)4-5(11)7(13)9(8)16-10/h4H,2-3H2,1H3,(H,14,15). The molecule has 86 valence electrons. The van der Waals surface area contributed by atoms with E-state index in [1.165, 1.54) is 11.3 Å². The van der Waals surface area contributed by atoms with Crippen molar-refractivity contribution in [3.63, 3.8) is 0 Å². The number of benzene rings is 1. The highest BCUT2D eigenvalue weighted by atomic mass is 35.5. The first-order valence-corrected chi connectivity index (χ1v) is 6.76. The fourth-order valence-corrected chi connectivity index (χ4v) is 3.12. The fourth-order valence-electron chi connectivity index (χ4n) is 1.29. The number of hydrogen-bond acceptors (Lipinski definition) is 3. The van der Waals surface area contributed by atoms with Crippen molar-refractivity contribution in [1.29, 1.82) is 0 Å². The highest BCUT2D eigenvalue weighted by Crippen LogP contribution is 2.40. The summed E-state index contributed by atoms with van der Waals surface area (Å²) in [4.78, 5) is 4.38. The van der Waals surface area contributed by atoms with Gasteiger partial charge in [-0.15, -0.1) is 0 Å². The zero-order valence-electron chi connectivity index (χ0n) is 8.48. The van der Waals surface area contributed by atoms with E-state index < -0.39 is 0 Å². The Labute approximate surface area is 113 Å². The number of aromatic nitrogens is 1. The zero-order chi connectivity index (χ0) is 11.7. The molecule has 0 aliphatic heterocycles. The van der Waals surface area contributed by atoms with Gasteiger partial charge in [-0.05, 0) is 12.5 Å². The van der Waals surface area contributed by atoms with Crippen molar-refractivity contribution in [2.75, 3.05) is 11.9 Å². The van der Waals surface area contributed by atoms with Gasteiger partial charge in [0.05, 0.1) is 19.8 Å². The van der Waals surface area contributed by atoms with Crippen LogP contribution in [0.3, 0.4) is 0 Å². The fraction of sp³-hybridized carbons (Fsp3) is 0.300. The number of nitrogens with zero attached hydrogens (tertiary/aromatic N) is 1. The third-order valence-corrected chi connectivity index (χ3v) is 4.26. The summed E-state index contributed by atoms with van der Waals surface area (Å²) >= 11 is 19.6. The molecule has 0 saturated carbocycles. The van der Waals surface area contributed by atoms with Crippen LogP contribution in [-0.4, -0.2) is 11.5 Å². The first-order valence-electron chi connectivity index (χ1n) is 4.81. The monoisotopic (exact) mass is 294 g/mol. The highest BCUT2D eigenvalue weighted by Gasteiger charge is 2.13. The summed E-state index contributed by atoms with van der Waals surface area (Å²) in [6, 6.07) is 1.62. The van der Waals surface area contributed by atoms with Gasteiger partial charge in [0.15, 0.2) is 5.13 Å². The maximum absolute atomic E-state index is 6.10. The van der Waals surface area contributed by atoms with Crippen LogP contribution in [0, 0.1) is 0 Å². The molecule has 2 rings (SSSR count). The first kappa shape index (κ1) is 12.2. The van der Waals surface area contributed by atoms with Crippen molar-refractivity contribution < 1.29 is 0 Å². The molecule has 2 nitrogen and oxygen atoms in total. The van der Waals surface area contributed by atoms with Gasteiger partial charge in [0, 0.05) is 6.54 Å². The third kappa shape index (κ3) is 2.23. The summed E-state index contributed by atoms with van der Waals surface area (Å²) in [6.07, 6.45) is 1.04. The van der Waals surface area contributed by atoms with Crippen LogP contribution in [0.15, 0.2) is 6.07 Å². The number of nitrogens with one attached hydrogen (secondary N) is 1. The van der Waals surface area contributed by atoms with Gasteiger partial charge in [-0.3, -0.25) is 0 Å². The maximum Gasteiger partial charge on any atom is 0.183 e. The first-order chi connectivity index (χ1) is 7.63. The SMILES string of the molecule is CCCNc1nc2c(Cl)cc(Cl)c(Cl)c2s1.